The van der Waals surface area contributed by atoms with Gasteiger partial charge >= 0.3 is 0 Å². The summed E-state index contributed by atoms with van der Waals surface area (Å²) in [5.74, 6) is -1.31. The number of aromatic nitrogens is 1. The highest BCUT2D eigenvalue weighted by Gasteiger charge is 2.39. The standard InChI is InChI=1S/C14H7Cl3N2O2/c15-8-1-2-9(16)12-11(8)13(20)14(21)19(12)6-7-3-4-18-10(17)5-7/h1-5H,6H2. The van der Waals surface area contributed by atoms with Gasteiger partial charge in [-0.05, 0) is 29.8 Å². The molecule has 3 rings (SSSR count). The van der Waals surface area contributed by atoms with Crippen LogP contribution in [0.4, 0.5) is 5.69 Å². The van der Waals surface area contributed by atoms with Crippen LogP contribution in [-0.2, 0) is 11.3 Å². The van der Waals surface area contributed by atoms with Crippen LogP contribution in [0.3, 0.4) is 0 Å². The molecule has 21 heavy (non-hydrogen) atoms. The number of fused-ring (bicyclic) bond motifs is 1. The fraction of sp³-hybridized carbons (Fsp3) is 0.0714. The second-order valence-corrected chi connectivity index (χ2v) is 5.66. The minimum absolute atomic E-state index is 0.148. The molecule has 0 unspecified atom stereocenters. The van der Waals surface area contributed by atoms with Gasteiger partial charge in [0.15, 0.2) is 0 Å². The SMILES string of the molecule is O=C1C(=O)N(Cc2ccnc(Cl)c2)c2c(Cl)ccc(Cl)c21. The molecule has 2 aromatic rings. The molecule has 106 valence electrons. The summed E-state index contributed by atoms with van der Waals surface area (Å²) in [6.45, 7) is 0.167. The molecule has 0 atom stereocenters. The second-order valence-electron chi connectivity index (χ2n) is 4.46. The Kier molecular flexibility index (Phi) is 3.61. The van der Waals surface area contributed by atoms with Gasteiger partial charge in [0.05, 0.1) is 27.8 Å². The van der Waals surface area contributed by atoms with Crippen molar-refractivity contribution in [2.75, 3.05) is 4.90 Å². The fourth-order valence-corrected chi connectivity index (χ4v) is 2.92. The number of pyridine rings is 1. The van der Waals surface area contributed by atoms with E-state index in [9.17, 15) is 9.59 Å². The number of Topliss-reactive ketones (excluding diaryl/α,β-unsaturated/α-hetero) is 1. The van der Waals surface area contributed by atoms with Gasteiger partial charge in [0.1, 0.15) is 5.15 Å². The van der Waals surface area contributed by atoms with Crippen LogP contribution in [0.15, 0.2) is 30.5 Å². The maximum atomic E-state index is 12.2. The van der Waals surface area contributed by atoms with E-state index in [0.29, 0.717) is 15.9 Å². The number of carbonyl (C=O) groups excluding carboxylic acids is 2. The molecule has 0 saturated carbocycles. The third-order valence-electron chi connectivity index (χ3n) is 3.15. The highest BCUT2D eigenvalue weighted by Crippen LogP contribution is 2.40. The molecule has 1 aliphatic rings. The zero-order valence-corrected chi connectivity index (χ0v) is 12.7. The Hall–Kier alpha value is -1.62. The number of carbonyl (C=O) groups is 2. The van der Waals surface area contributed by atoms with Gasteiger partial charge in [-0.1, -0.05) is 34.8 Å². The maximum absolute atomic E-state index is 12.2. The number of halogens is 3. The zero-order chi connectivity index (χ0) is 15.1. The van der Waals surface area contributed by atoms with Crippen LogP contribution in [0.5, 0.6) is 0 Å². The van der Waals surface area contributed by atoms with Crippen molar-refractivity contribution in [3.05, 3.63) is 56.8 Å². The van der Waals surface area contributed by atoms with Crippen LogP contribution in [0.1, 0.15) is 15.9 Å². The zero-order valence-electron chi connectivity index (χ0n) is 10.4. The first-order valence-corrected chi connectivity index (χ1v) is 7.07. The number of anilines is 1. The predicted octanol–water partition coefficient (Wildman–Crippen LogP) is 3.77. The molecule has 2 heterocycles. The molecular weight excluding hydrogens is 335 g/mol. The van der Waals surface area contributed by atoms with Crippen molar-refractivity contribution >= 4 is 52.2 Å². The summed E-state index contributed by atoms with van der Waals surface area (Å²) < 4.78 is 0. The molecule has 0 bridgehead atoms. The molecule has 0 aliphatic carbocycles. The Bertz CT molecular complexity index is 777. The fourth-order valence-electron chi connectivity index (χ4n) is 2.23. The lowest BCUT2D eigenvalue weighted by Crippen LogP contribution is -2.29. The van der Waals surface area contributed by atoms with Crippen molar-refractivity contribution in [3.8, 4) is 0 Å². The quantitative estimate of drug-likeness (QED) is 0.617. The lowest BCUT2D eigenvalue weighted by atomic mass is 10.1. The van der Waals surface area contributed by atoms with Crippen LogP contribution in [0, 0.1) is 0 Å². The average Bonchev–Trinajstić information content (AvgIpc) is 2.69. The number of benzene rings is 1. The summed E-state index contributed by atoms with van der Waals surface area (Å²) in [5, 5.41) is 0.819. The van der Waals surface area contributed by atoms with Gasteiger partial charge < -0.3 is 0 Å². The average molecular weight is 342 g/mol. The van der Waals surface area contributed by atoms with Crippen LogP contribution in [0.2, 0.25) is 15.2 Å². The first-order chi connectivity index (χ1) is 9.99. The van der Waals surface area contributed by atoms with E-state index in [1.165, 1.54) is 17.2 Å². The summed E-state index contributed by atoms with van der Waals surface area (Å²) in [4.78, 5) is 29.4. The van der Waals surface area contributed by atoms with E-state index in [4.69, 9.17) is 34.8 Å². The summed E-state index contributed by atoms with van der Waals surface area (Å²) in [6, 6.07) is 6.39. The highest BCUT2D eigenvalue weighted by molar-refractivity contribution is 6.56. The number of hydrogen-bond acceptors (Lipinski definition) is 3. The molecule has 1 aliphatic heterocycles. The minimum Gasteiger partial charge on any atom is -0.299 e. The van der Waals surface area contributed by atoms with Crippen molar-refractivity contribution in [2.24, 2.45) is 0 Å². The van der Waals surface area contributed by atoms with E-state index in [2.05, 4.69) is 4.98 Å². The smallest absolute Gasteiger partial charge is 0.299 e. The second kappa shape index (κ2) is 5.30. The molecule has 4 nitrogen and oxygen atoms in total. The van der Waals surface area contributed by atoms with Gasteiger partial charge in [-0.3, -0.25) is 14.5 Å². The Morgan fingerprint density at radius 3 is 2.48 bits per heavy atom. The summed E-state index contributed by atoms with van der Waals surface area (Å²) in [6.07, 6.45) is 1.53. The highest BCUT2D eigenvalue weighted by atomic mass is 35.5. The number of ketones is 1. The van der Waals surface area contributed by atoms with E-state index >= 15 is 0 Å². The van der Waals surface area contributed by atoms with Crippen molar-refractivity contribution in [2.45, 2.75) is 6.54 Å². The molecule has 0 fully saturated rings. The largest absolute Gasteiger partial charge is 0.299 e. The summed E-state index contributed by atoms with van der Waals surface area (Å²) in [7, 11) is 0. The summed E-state index contributed by atoms with van der Waals surface area (Å²) in [5.41, 5.74) is 1.22. The lowest BCUT2D eigenvalue weighted by Gasteiger charge is -2.18. The normalized spacial score (nSPS) is 13.8. The van der Waals surface area contributed by atoms with Gasteiger partial charge in [0, 0.05) is 6.20 Å². The van der Waals surface area contributed by atoms with Crippen LogP contribution in [0.25, 0.3) is 0 Å². The molecule has 1 aromatic carbocycles. The van der Waals surface area contributed by atoms with Crippen molar-refractivity contribution in [3.63, 3.8) is 0 Å². The Morgan fingerprint density at radius 2 is 1.76 bits per heavy atom. The predicted molar refractivity (Wildman–Crippen MR) is 81.2 cm³/mol. The van der Waals surface area contributed by atoms with E-state index in [1.807, 2.05) is 0 Å². The molecule has 0 radical (unpaired) electrons. The van der Waals surface area contributed by atoms with Crippen molar-refractivity contribution in [1.29, 1.82) is 0 Å². The van der Waals surface area contributed by atoms with Crippen LogP contribution < -0.4 is 4.90 Å². The summed E-state index contributed by atoms with van der Waals surface area (Å²) >= 11 is 18.0. The van der Waals surface area contributed by atoms with Gasteiger partial charge in [0.25, 0.3) is 11.7 Å². The third kappa shape index (κ3) is 2.39. The lowest BCUT2D eigenvalue weighted by molar-refractivity contribution is -0.114. The first-order valence-electron chi connectivity index (χ1n) is 5.93. The van der Waals surface area contributed by atoms with E-state index in [-0.39, 0.29) is 17.1 Å². The van der Waals surface area contributed by atoms with E-state index in [0.717, 1.165) is 5.56 Å². The van der Waals surface area contributed by atoms with Gasteiger partial charge in [-0.25, -0.2) is 4.98 Å². The maximum Gasteiger partial charge on any atom is 0.299 e. The van der Waals surface area contributed by atoms with Gasteiger partial charge in [-0.15, -0.1) is 0 Å². The molecule has 0 saturated heterocycles. The van der Waals surface area contributed by atoms with Gasteiger partial charge in [0.2, 0.25) is 0 Å². The number of hydrogen-bond donors (Lipinski definition) is 0. The van der Waals surface area contributed by atoms with Crippen LogP contribution in [-0.4, -0.2) is 16.7 Å². The van der Waals surface area contributed by atoms with Crippen molar-refractivity contribution in [1.82, 2.24) is 4.98 Å². The topological polar surface area (TPSA) is 50.3 Å². The molecule has 0 spiro atoms. The number of amides is 1. The number of nitrogens with zero attached hydrogens (tertiary/aromatic N) is 2. The van der Waals surface area contributed by atoms with E-state index in [1.54, 1.807) is 18.2 Å². The molecular formula is C14H7Cl3N2O2. The van der Waals surface area contributed by atoms with Crippen molar-refractivity contribution < 1.29 is 9.59 Å². The Labute approximate surface area is 135 Å². The molecule has 1 aromatic heterocycles. The molecule has 7 heteroatoms. The molecule has 0 N–H and O–H groups in total. The van der Waals surface area contributed by atoms with Gasteiger partial charge in [-0.2, -0.15) is 0 Å². The number of rotatable bonds is 2. The Balaban J connectivity index is 2.08. The minimum atomic E-state index is -0.659. The monoisotopic (exact) mass is 340 g/mol. The molecule has 1 amide bonds. The first kappa shape index (κ1) is 14.3. The van der Waals surface area contributed by atoms with Crippen LogP contribution >= 0.6 is 34.8 Å². The van der Waals surface area contributed by atoms with E-state index < -0.39 is 11.7 Å². The Morgan fingerprint density at radius 1 is 1.05 bits per heavy atom. The third-order valence-corrected chi connectivity index (χ3v) is 3.97.